The van der Waals surface area contributed by atoms with Gasteiger partial charge in [0.25, 0.3) is 0 Å². The first-order valence-corrected chi connectivity index (χ1v) is 13.3. The summed E-state index contributed by atoms with van der Waals surface area (Å²) in [5.74, 6) is 0.989. The van der Waals surface area contributed by atoms with Crippen LogP contribution in [0.3, 0.4) is 0 Å². The summed E-state index contributed by atoms with van der Waals surface area (Å²) in [5, 5.41) is 13.2. The van der Waals surface area contributed by atoms with E-state index in [1.165, 1.54) is 16.7 Å². The monoisotopic (exact) mass is 353 g/mol. The van der Waals surface area contributed by atoms with Crippen LogP contribution in [-0.4, -0.2) is 40.9 Å². The van der Waals surface area contributed by atoms with Crippen molar-refractivity contribution in [3.05, 3.63) is 17.5 Å². The Labute approximate surface area is 141 Å². The molecule has 1 atom stereocenters. The largest absolute Gasteiger partial charge is 0.376 e. The Kier molecular flexibility index (Phi) is 5.06. The van der Waals surface area contributed by atoms with E-state index < -0.39 is 8.07 Å². The van der Waals surface area contributed by atoms with Gasteiger partial charge in [-0.1, -0.05) is 37.5 Å². The molecule has 1 unspecified atom stereocenters. The molecule has 0 aliphatic carbocycles. The lowest BCUT2D eigenvalue weighted by Crippen LogP contribution is -2.24. The summed E-state index contributed by atoms with van der Waals surface area (Å²) in [4.78, 5) is 1.19. The molecule has 1 aliphatic heterocycles. The third kappa shape index (κ3) is 4.01. The minimum absolute atomic E-state index is 0.306. The van der Waals surface area contributed by atoms with Crippen molar-refractivity contribution in [1.82, 2.24) is 14.8 Å². The van der Waals surface area contributed by atoms with Crippen molar-refractivity contribution in [1.29, 1.82) is 0 Å². The summed E-state index contributed by atoms with van der Waals surface area (Å²) in [7, 11) is -1.11. The number of aromatic nitrogens is 3. The average molecular weight is 354 g/mol. The summed E-state index contributed by atoms with van der Waals surface area (Å²) in [6.07, 6.45) is 2.61. The molecule has 120 valence electrons. The maximum absolute atomic E-state index is 5.83. The topological polar surface area (TPSA) is 39.9 Å². The van der Waals surface area contributed by atoms with E-state index in [-0.39, 0.29) is 0 Å². The SMILES string of the molecule is C[Si](C)(C)CSc1nnc(-c2cccs2)n1CC1CCCO1. The molecule has 22 heavy (non-hydrogen) atoms. The highest BCUT2D eigenvalue weighted by Gasteiger charge is 2.23. The summed E-state index contributed by atoms with van der Waals surface area (Å²) < 4.78 is 8.10. The molecule has 1 fully saturated rings. The Morgan fingerprint density at radius 2 is 2.27 bits per heavy atom. The first-order chi connectivity index (χ1) is 10.5. The van der Waals surface area contributed by atoms with Gasteiger partial charge in [-0.2, -0.15) is 0 Å². The molecule has 2 aromatic heterocycles. The fourth-order valence-electron chi connectivity index (χ4n) is 2.42. The van der Waals surface area contributed by atoms with Crippen LogP contribution in [0.5, 0.6) is 0 Å². The number of thioether (sulfide) groups is 1. The summed E-state index contributed by atoms with van der Waals surface area (Å²) in [6, 6.07) is 4.19. The van der Waals surface area contributed by atoms with E-state index in [9.17, 15) is 0 Å². The van der Waals surface area contributed by atoms with Gasteiger partial charge in [-0.3, -0.25) is 4.57 Å². The Hall–Kier alpha value is -0.633. The second kappa shape index (κ2) is 6.86. The fraction of sp³-hybridized carbons (Fsp3) is 0.600. The van der Waals surface area contributed by atoms with Crippen LogP contribution in [0.4, 0.5) is 0 Å². The van der Waals surface area contributed by atoms with Crippen LogP contribution in [0.1, 0.15) is 12.8 Å². The second-order valence-electron chi connectivity index (χ2n) is 6.88. The Morgan fingerprint density at radius 3 is 2.91 bits per heavy atom. The van der Waals surface area contributed by atoms with E-state index >= 15 is 0 Å². The maximum Gasteiger partial charge on any atom is 0.191 e. The first kappa shape index (κ1) is 16.2. The molecule has 2 aromatic rings. The van der Waals surface area contributed by atoms with Crippen molar-refractivity contribution in [3.63, 3.8) is 0 Å². The summed E-state index contributed by atoms with van der Waals surface area (Å²) in [5.41, 5.74) is 0. The lowest BCUT2D eigenvalue weighted by atomic mass is 10.2. The molecule has 0 bridgehead atoms. The van der Waals surface area contributed by atoms with Gasteiger partial charge in [0.15, 0.2) is 11.0 Å². The third-order valence-corrected chi connectivity index (χ3v) is 8.97. The Bertz CT molecular complexity index is 601. The minimum Gasteiger partial charge on any atom is -0.376 e. The quantitative estimate of drug-likeness (QED) is 0.577. The number of hydrogen-bond donors (Lipinski definition) is 0. The zero-order chi connectivity index (χ0) is 15.6. The van der Waals surface area contributed by atoms with Gasteiger partial charge in [0.05, 0.1) is 25.6 Å². The first-order valence-electron chi connectivity index (χ1n) is 7.74. The van der Waals surface area contributed by atoms with Gasteiger partial charge in [-0.05, 0) is 29.7 Å². The van der Waals surface area contributed by atoms with Crippen molar-refractivity contribution < 1.29 is 4.74 Å². The van der Waals surface area contributed by atoms with E-state index in [2.05, 4.69) is 51.9 Å². The number of ether oxygens (including phenoxy) is 1. The highest BCUT2D eigenvalue weighted by atomic mass is 32.2. The number of rotatable bonds is 6. The minimum atomic E-state index is -1.11. The lowest BCUT2D eigenvalue weighted by molar-refractivity contribution is 0.0953. The molecule has 3 rings (SSSR count). The molecular weight excluding hydrogens is 330 g/mol. The Balaban J connectivity index is 1.85. The lowest BCUT2D eigenvalue weighted by Gasteiger charge is -2.17. The van der Waals surface area contributed by atoms with Crippen molar-refractivity contribution in [2.45, 2.75) is 50.3 Å². The van der Waals surface area contributed by atoms with Gasteiger partial charge in [0.2, 0.25) is 0 Å². The third-order valence-electron chi connectivity index (χ3n) is 3.50. The van der Waals surface area contributed by atoms with Crippen molar-refractivity contribution in [2.75, 3.05) is 12.0 Å². The molecular formula is C15H23N3OS2Si. The van der Waals surface area contributed by atoms with Crippen LogP contribution >= 0.6 is 23.1 Å². The molecule has 0 N–H and O–H groups in total. The number of hydrogen-bond acceptors (Lipinski definition) is 5. The van der Waals surface area contributed by atoms with E-state index in [4.69, 9.17) is 4.74 Å². The van der Waals surface area contributed by atoms with Crippen LogP contribution in [0.2, 0.25) is 19.6 Å². The van der Waals surface area contributed by atoms with E-state index in [1.807, 2.05) is 11.8 Å². The molecule has 7 heteroatoms. The van der Waals surface area contributed by atoms with E-state index in [1.54, 1.807) is 11.3 Å². The highest BCUT2D eigenvalue weighted by molar-refractivity contribution is 8.00. The average Bonchev–Trinajstić information content (AvgIpc) is 3.17. The molecule has 0 amide bonds. The molecule has 3 heterocycles. The highest BCUT2D eigenvalue weighted by Crippen LogP contribution is 2.30. The maximum atomic E-state index is 5.83. The standard InChI is InChI=1S/C15H23N3OS2Si/c1-22(2,3)11-21-15-17-16-14(13-7-5-9-20-13)18(15)10-12-6-4-8-19-12/h5,7,9,12H,4,6,8,10-11H2,1-3H3. The molecule has 1 saturated heterocycles. The zero-order valence-corrected chi connectivity index (χ0v) is 16.0. The predicted octanol–water partition coefficient (Wildman–Crippen LogP) is 4.16. The van der Waals surface area contributed by atoms with Crippen LogP contribution in [0, 0.1) is 0 Å². The molecule has 0 aromatic carbocycles. The van der Waals surface area contributed by atoms with Crippen LogP contribution in [-0.2, 0) is 11.3 Å². The number of thiophene rings is 1. The number of nitrogens with zero attached hydrogens (tertiary/aromatic N) is 3. The van der Waals surface area contributed by atoms with Crippen molar-refractivity contribution >= 4 is 31.2 Å². The summed E-state index contributed by atoms with van der Waals surface area (Å²) >= 11 is 3.58. The second-order valence-corrected chi connectivity index (χ2v) is 14.8. The predicted molar refractivity (Wildman–Crippen MR) is 96.4 cm³/mol. The molecule has 0 spiro atoms. The van der Waals surface area contributed by atoms with Gasteiger partial charge in [0, 0.05) is 6.61 Å². The van der Waals surface area contributed by atoms with Crippen molar-refractivity contribution in [2.24, 2.45) is 0 Å². The normalized spacial score (nSPS) is 19.0. The van der Waals surface area contributed by atoms with Crippen LogP contribution < -0.4 is 0 Å². The van der Waals surface area contributed by atoms with Gasteiger partial charge >= 0.3 is 0 Å². The Morgan fingerprint density at radius 1 is 1.41 bits per heavy atom. The van der Waals surface area contributed by atoms with E-state index in [0.717, 1.165) is 30.6 Å². The molecule has 0 radical (unpaired) electrons. The smallest absolute Gasteiger partial charge is 0.191 e. The van der Waals surface area contributed by atoms with Crippen LogP contribution in [0.25, 0.3) is 10.7 Å². The van der Waals surface area contributed by atoms with Gasteiger partial charge in [-0.25, -0.2) is 0 Å². The zero-order valence-electron chi connectivity index (χ0n) is 13.4. The fourth-order valence-corrected chi connectivity index (χ4v) is 5.80. The van der Waals surface area contributed by atoms with E-state index in [0.29, 0.717) is 6.10 Å². The molecule has 4 nitrogen and oxygen atoms in total. The van der Waals surface area contributed by atoms with Gasteiger partial charge < -0.3 is 4.74 Å². The van der Waals surface area contributed by atoms with Crippen molar-refractivity contribution in [3.8, 4) is 10.7 Å². The molecule has 1 aliphatic rings. The molecule has 0 saturated carbocycles. The van der Waals surface area contributed by atoms with Gasteiger partial charge in [0.1, 0.15) is 0 Å². The van der Waals surface area contributed by atoms with Crippen LogP contribution in [0.15, 0.2) is 22.7 Å². The summed E-state index contributed by atoms with van der Waals surface area (Å²) in [6.45, 7) is 8.93. The van der Waals surface area contributed by atoms with Gasteiger partial charge in [-0.15, -0.1) is 21.5 Å².